The van der Waals surface area contributed by atoms with Gasteiger partial charge in [0.1, 0.15) is 0 Å². The van der Waals surface area contributed by atoms with E-state index in [1.54, 1.807) is 0 Å². The molecule has 4 heteroatoms. The normalized spacial score (nSPS) is 27.4. The van der Waals surface area contributed by atoms with E-state index in [2.05, 4.69) is 18.8 Å². The molecule has 82 valence electrons. The van der Waals surface area contributed by atoms with E-state index >= 15 is 0 Å². The van der Waals surface area contributed by atoms with E-state index in [4.69, 9.17) is 0 Å². The first-order valence-electron chi connectivity index (χ1n) is 5.11. The molecule has 0 radical (unpaired) electrons. The predicted octanol–water partition coefficient (Wildman–Crippen LogP) is 1.12. The van der Waals surface area contributed by atoms with E-state index < -0.39 is 9.84 Å². The van der Waals surface area contributed by atoms with Crippen LogP contribution in [-0.4, -0.2) is 32.0 Å². The summed E-state index contributed by atoms with van der Waals surface area (Å²) in [5, 5.41) is 3.34. The highest BCUT2D eigenvalue weighted by Gasteiger charge is 2.28. The number of hydrogen-bond acceptors (Lipinski definition) is 3. The van der Waals surface area contributed by atoms with Crippen LogP contribution in [0.5, 0.6) is 0 Å². The topological polar surface area (TPSA) is 46.2 Å². The summed E-state index contributed by atoms with van der Waals surface area (Å²) in [6, 6.07) is 0.547. The SMILES string of the molecule is C=CCCC(C)NC1CCS(=O)(=O)C1. The predicted molar refractivity (Wildman–Crippen MR) is 59.1 cm³/mol. The molecule has 1 aliphatic rings. The average Bonchev–Trinajstić information content (AvgIpc) is 2.42. The van der Waals surface area contributed by atoms with Crippen molar-refractivity contribution in [3.05, 3.63) is 12.7 Å². The van der Waals surface area contributed by atoms with Crippen LogP contribution < -0.4 is 5.32 Å². The molecule has 1 heterocycles. The van der Waals surface area contributed by atoms with Crippen molar-refractivity contribution in [3.63, 3.8) is 0 Å². The third-order valence-corrected chi connectivity index (χ3v) is 4.32. The smallest absolute Gasteiger partial charge is 0.151 e. The Morgan fingerprint density at radius 1 is 1.64 bits per heavy atom. The quantitative estimate of drug-likeness (QED) is 0.702. The third kappa shape index (κ3) is 3.80. The molecule has 0 aliphatic carbocycles. The Morgan fingerprint density at radius 2 is 2.36 bits per heavy atom. The van der Waals surface area contributed by atoms with Crippen molar-refractivity contribution in [3.8, 4) is 0 Å². The zero-order chi connectivity index (χ0) is 10.6. The van der Waals surface area contributed by atoms with Gasteiger partial charge < -0.3 is 5.32 Å². The molecule has 1 aliphatic heterocycles. The van der Waals surface area contributed by atoms with E-state index in [1.165, 1.54) is 0 Å². The van der Waals surface area contributed by atoms with Crippen LogP contribution in [0.25, 0.3) is 0 Å². The molecule has 3 nitrogen and oxygen atoms in total. The molecular formula is C10H19NO2S. The van der Waals surface area contributed by atoms with Gasteiger partial charge in [-0.25, -0.2) is 8.42 Å². The molecule has 0 bridgehead atoms. The largest absolute Gasteiger partial charge is 0.310 e. The molecule has 2 unspecified atom stereocenters. The van der Waals surface area contributed by atoms with Gasteiger partial charge in [-0.15, -0.1) is 6.58 Å². The molecule has 0 aromatic heterocycles. The van der Waals surface area contributed by atoms with Gasteiger partial charge in [-0.1, -0.05) is 6.08 Å². The average molecular weight is 217 g/mol. The lowest BCUT2D eigenvalue weighted by Crippen LogP contribution is -2.37. The summed E-state index contributed by atoms with van der Waals surface area (Å²) in [6.07, 6.45) is 4.66. The second kappa shape index (κ2) is 4.94. The van der Waals surface area contributed by atoms with Crippen LogP contribution in [0.2, 0.25) is 0 Å². The van der Waals surface area contributed by atoms with Crippen LogP contribution in [0, 0.1) is 0 Å². The molecule has 0 saturated carbocycles. The Balaban J connectivity index is 2.28. The van der Waals surface area contributed by atoms with Crippen molar-refractivity contribution >= 4 is 9.84 Å². The van der Waals surface area contributed by atoms with Crippen LogP contribution >= 0.6 is 0 Å². The number of allylic oxidation sites excluding steroid dienone is 1. The lowest BCUT2D eigenvalue weighted by molar-refractivity contribution is 0.452. The Bertz CT molecular complexity index is 284. The Morgan fingerprint density at radius 3 is 2.86 bits per heavy atom. The molecule has 1 fully saturated rings. The fourth-order valence-electron chi connectivity index (χ4n) is 1.78. The van der Waals surface area contributed by atoms with Crippen LogP contribution in [0.3, 0.4) is 0 Å². The van der Waals surface area contributed by atoms with Gasteiger partial charge in [-0.3, -0.25) is 0 Å². The molecule has 2 atom stereocenters. The van der Waals surface area contributed by atoms with Crippen molar-refractivity contribution in [1.29, 1.82) is 0 Å². The summed E-state index contributed by atoms with van der Waals surface area (Å²) in [7, 11) is -2.74. The van der Waals surface area contributed by atoms with Gasteiger partial charge in [0.05, 0.1) is 11.5 Å². The maximum absolute atomic E-state index is 11.2. The van der Waals surface area contributed by atoms with Gasteiger partial charge in [0.25, 0.3) is 0 Å². The highest BCUT2D eigenvalue weighted by Crippen LogP contribution is 2.12. The molecule has 1 N–H and O–H groups in total. The second-order valence-electron chi connectivity index (χ2n) is 4.03. The first kappa shape index (κ1) is 11.7. The lowest BCUT2D eigenvalue weighted by Gasteiger charge is -2.17. The Hall–Kier alpha value is -0.350. The second-order valence-corrected chi connectivity index (χ2v) is 6.26. The maximum Gasteiger partial charge on any atom is 0.151 e. The molecule has 14 heavy (non-hydrogen) atoms. The summed E-state index contributed by atoms with van der Waals surface area (Å²) >= 11 is 0. The fraction of sp³-hybridized carbons (Fsp3) is 0.800. The van der Waals surface area contributed by atoms with Gasteiger partial charge in [0, 0.05) is 12.1 Å². The summed E-state index contributed by atoms with van der Waals surface area (Å²) < 4.78 is 22.4. The molecule has 0 aromatic carbocycles. The molecule has 0 amide bonds. The minimum absolute atomic E-state index is 0.166. The number of hydrogen-bond donors (Lipinski definition) is 1. The minimum Gasteiger partial charge on any atom is -0.310 e. The van der Waals surface area contributed by atoms with Crippen LogP contribution in [0.1, 0.15) is 26.2 Å². The first-order valence-corrected chi connectivity index (χ1v) is 6.93. The molecule has 0 aromatic rings. The van der Waals surface area contributed by atoms with Crippen molar-refractivity contribution in [2.24, 2.45) is 0 Å². The van der Waals surface area contributed by atoms with Crippen molar-refractivity contribution < 1.29 is 8.42 Å². The molecule has 0 spiro atoms. The monoisotopic (exact) mass is 217 g/mol. The van der Waals surface area contributed by atoms with Crippen molar-refractivity contribution in [2.75, 3.05) is 11.5 Å². The van der Waals surface area contributed by atoms with Gasteiger partial charge in [0.2, 0.25) is 0 Å². The van der Waals surface area contributed by atoms with E-state index in [0.29, 0.717) is 17.5 Å². The Kier molecular flexibility index (Phi) is 4.13. The number of nitrogens with one attached hydrogen (secondary N) is 1. The summed E-state index contributed by atoms with van der Waals surface area (Å²) in [5.74, 6) is 0.657. The minimum atomic E-state index is -2.74. The van der Waals surface area contributed by atoms with Gasteiger partial charge >= 0.3 is 0 Å². The highest BCUT2D eigenvalue weighted by atomic mass is 32.2. The maximum atomic E-state index is 11.2. The summed E-state index contributed by atoms with van der Waals surface area (Å²) in [6.45, 7) is 5.76. The van der Waals surface area contributed by atoms with E-state index in [-0.39, 0.29) is 6.04 Å². The first-order chi connectivity index (χ1) is 6.53. The van der Waals surface area contributed by atoms with Crippen LogP contribution in [0.15, 0.2) is 12.7 Å². The lowest BCUT2D eigenvalue weighted by atomic mass is 10.1. The van der Waals surface area contributed by atoms with E-state index in [0.717, 1.165) is 19.3 Å². The van der Waals surface area contributed by atoms with Crippen molar-refractivity contribution in [2.45, 2.75) is 38.3 Å². The van der Waals surface area contributed by atoms with Crippen LogP contribution in [-0.2, 0) is 9.84 Å². The zero-order valence-corrected chi connectivity index (χ0v) is 9.52. The van der Waals surface area contributed by atoms with E-state index in [9.17, 15) is 8.42 Å². The molecular weight excluding hydrogens is 198 g/mol. The number of sulfone groups is 1. The van der Waals surface area contributed by atoms with Crippen LogP contribution in [0.4, 0.5) is 0 Å². The van der Waals surface area contributed by atoms with Gasteiger partial charge in [-0.2, -0.15) is 0 Å². The highest BCUT2D eigenvalue weighted by molar-refractivity contribution is 7.91. The van der Waals surface area contributed by atoms with Crippen molar-refractivity contribution in [1.82, 2.24) is 5.32 Å². The van der Waals surface area contributed by atoms with Gasteiger partial charge in [-0.05, 0) is 26.2 Å². The number of rotatable bonds is 5. The standard InChI is InChI=1S/C10H19NO2S/c1-3-4-5-9(2)11-10-6-7-14(12,13)8-10/h3,9-11H,1,4-8H2,2H3. The molecule has 1 saturated heterocycles. The zero-order valence-electron chi connectivity index (χ0n) is 8.70. The molecule has 1 rings (SSSR count). The Labute approximate surface area is 86.5 Å². The van der Waals surface area contributed by atoms with E-state index in [1.807, 2.05) is 6.08 Å². The summed E-state index contributed by atoms with van der Waals surface area (Å²) in [5.41, 5.74) is 0. The summed E-state index contributed by atoms with van der Waals surface area (Å²) in [4.78, 5) is 0. The van der Waals surface area contributed by atoms with Gasteiger partial charge in [0.15, 0.2) is 9.84 Å². The fourth-order valence-corrected chi connectivity index (χ4v) is 3.47. The third-order valence-electron chi connectivity index (χ3n) is 2.56.